The molecule has 0 spiro atoms. The SMILES string of the molecule is CCC(N)CNc1ccc([N+](=O)[O-])c2cccnc12. The van der Waals surface area contributed by atoms with Gasteiger partial charge < -0.3 is 11.1 Å². The maximum absolute atomic E-state index is 11.0. The van der Waals surface area contributed by atoms with E-state index in [1.807, 2.05) is 6.92 Å². The predicted octanol–water partition coefficient (Wildman–Crippen LogP) is 2.29. The van der Waals surface area contributed by atoms with Crippen LogP contribution in [0.25, 0.3) is 10.9 Å². The average molecular weight is 260 g/mol. The molecule has 0 bridgehead atoms. The van der Waals surface area contributed by atoms with Crippen LogP contribution < -0.4 is 11.1 Å². The number of nitrogens with one attached hydrogen (secondary N) is 1. The van der Waals surface area contributed by atoms with Crippen LogP contribution in [0.15, 0.2) is 30.5 Å². The maximum atomic E-state index is 11.0. The fourth-order valence-electron chi connectivity index (χ4n) is 1.84. The van der Waals surface area contributed by atoms with Gasteiger partial charge in [-0.2, -0.15) is 0 Å². The first-order valence-electron chi connectivity index (χ1n) is 6.15. The van der Waals surface area contributed by atoms with E-state index in [0.717, 1.165) is 12.1 Å². The Morgan fingerprint density at radius 2 is 2.26 bits per heavy atom. The Balaban J connectivity index is 2.41. The van der Waals surface area contributed by atoms with Crippen LogP contribution >= 0.6 is 0 Å². The minimum absolute atomic E-state index is 0.0500. The van der Waals surface area contributed by atoms with Gasteiger partial charge in [-0.3, -0.25) is 15.1 Å². The first-order chi connectivity index (χ1) is 9.13. The summed E-state index contributed by atoms with van der Waals surface area (Å²) < 4.78 is 0. The highest BCUT2D eigenvalue weighted by atomic mass is 16.6. The summed E-state index contributed by atoms with van der Waals surface area (Å²) in [7, 11) is 0. The van der Waals surface area contributed by atoms with Crippen LogP contribution in [0, 0.1) is 10.1 Å². The number of rotatable bonds is 5. The molecule has 0 aliphatic rings. The largest absolute Gasteiger partial charge is 0.382 e. The standard InChI is InChI=1S/C13H16N4O2/c1-2-9(14)8-16-11-5-6-12(17(18)19)10-4-3-7-15-13(10)11/h3-7,9,16H,2,8,14H2,1H3. The van der Waals surface area contributed by atoms with Gasteiger partial charge in [0.05, 0.1) is 16.0 Å². The quantitative estimate of drug-likeness (QED) is 0.635. The average Bonchev–Trinajstić information content (AvgIpc) is 2.43. The molecule has 1 aromatic carbocycles. The van der Waals surface area contributed by atoms with Gasteiger partial charge in [-0.05, 0) is 24.6 Å². The molecular formula is C13H16N4O2. The Morgan fingerprint density at radius 3 is 2.95 bits per heavy atom. The normalized spacial score (nSPS) is 12.3. The molecule has 2 aromatic rings. The summed E-state index contributed by atoms with van der Waals surface area (Å²) >= 11 is 0. The van der Waals surface area contributed by atoms with Crippen molar-refractivity contribution in [3.63, 3.8) is 0 Å². The molecule has 0 radical (unpaired) electrons. The Bertz CT molecular complexity index is 600. The fourth-order valence-corrected chi connectivity index (χ4v) is 1.84. The second kappa shape index (κ2) is 5.62. The molecule has 0 aliphatic heterocycles. The van der Waals surface area contributed by atoms with Crippen LogP contribution in [-0.4, -0.2) is 22.5 Å². The van der Waals surface area contributed by atoms with E-state index >= 15 is 0 Å². The zero-order chi connectivity index (χ0) is 13.8. The van der Waals surface area contributed by atoms with Gasteiger partial charge in [0.2, 0.25) is 0 Å². The Labute approximate surface area is 110 Å². The molecule has 3 N–H and O–H groups in total. The van der Waals surface area contributed by atoms with E-state index in [4.69, 9.17) is 5.73 Å². The van der Waals surface area contributed by atoms with Crippen LogP contribution in [0.5, 0.6) is 0 Å². The minimum Gasteiger partial charge on any atom is -0.382 e. The summed E-state index contributed by atoms with van der Waals surface area (Å²) in [6, 6.07) is 6.61. The van der Waals surface area contributed by atoms with Crippen LogP contribution in [-0.2, 0) is 0 Å². The van der Waals surface area contributed by atoms with Crippen LogP contribution in [0.1, 0.15) is 13.3 Å². The number of anilines is 1. The first kappa shape index (κ1) is 13.2. The monoisotopic (exact) mass is 260 g/mol. The number of fused-ring (bicyclic) bond motifs is 1. The summed E-state index contributed by atoms with van der Waals surface area (Å²) in [6.07, 6.45) is 2.49. The molecule has 19 heavy (non-hydrogen) atoms. The molecule has 1 unspecified atom stereocenters. The highest BCUT2D eigenvalue weighted by Gasteiger charge is 2.14. The second-order valence-corrected chi connectivity index (χ2v) is 4.34. The molecular weight excluding hydrogens is 244 g/mol. The van der Waals surface area contributed by atoms with Gasteiger partial charge in [-0.1, -0.05) is 6.92 Å². The number of benzene rings is 1. The van der Waals surface area contributed by atoms with Crippen molar-refractivity contribution in [2.24, 2.45) is 5.73 Å². The van der Waals surface area contributed by atoms with Gasteiger partial charge in [-0.25, -0.2) is 0 Å². The lowest BCUT2D eigenvalue weighted by Gasteiger charge is -2.13. The number of nitrogens with two attached hydrogens (primary N) is 1. The van der Waals surface area contributed by atoms with Gasteiger partial charge in [-0.15, -0.1) is 0 Å². The van der Waals surface area contributed by atoms with Gasteiger partial charge in [0.1, 0.15) is 5.52 Å². The van der Waals surface area contributed by atoms with Crippen LogP contribution in [0.4, 0.5) is 11.4 Å². The third kappa shape index (κ3) is 2.79. The zero-order valence-corrected chi connectivity index (χ0v) is 10.7. The molecule has 0 amide bonds. The van der Waals surface area contributed by atoms with Crippen molar-refractivity contribution in [1.29, 1.82) is 0 Å². The molecule has 0 fully saturated rings. The Kier molecular flexibility index (Phi) is 3.91. The van der Waals surface area contributed by atoms with Crippen molar-refractivity contribution in [3.8, 4) is 0 Å². The highest BCUT2D eigenvalue weighted by Crippen LogP contribution is 2.29. The van der Waals surface area contributed by atoms with Gasteiger partial charge in [0.15, 0.2) is 0 Å². The topological polar surface area (TPSA) is 94.1 Å². The Hall–Kier alpha value is -2.21. The number of non-ortho nitro benzene ring substituents is 1. The van der Waals surface area contributed by atoms with E-state index in [-0.39, 0.29) is 11.7 Å². The lowest BCUT2D eigenvalue weighted by Crippen LogP contribution is -2.28. The molecule has 1 heterocycles. The molecule has 6 heteroatoms. The second-order valence-electron chi connectivity index (χ2n) is 4.34. The van der Waals surface area contributed by atoms with Crippen molar-refractivity contribution >= 4 is 22.3 Å². The third-order valence-corrected chi connectivity index (χ3v) is 3.02. The number of aromatic nitrogens is 1. The number of nitro benzene ring substituents is 1. The van der Waals surface area contributed by atoms with E-state index in [1.54, 1.807) is 24.4 Å². The lowest BCUT2D eigenvalue weighted by atomic mass is 10.1. The van der Waals surface area contributed by atoms with E-state index in [1.165, 1.54) is 6.07 Å². The maximum Gasteiger partial charge on any atom is 0.278 e. The number of nitro groups is 1. The van der Waals surface area contributed by atoms with E-state index in [9.17, 15) is 10.1 Å². The number of nitrogens with zero attached hydrogens (tertiary/aromatic N) is 2. The smallest absolute Gasteiger partial charge is 0.278 e. The molecule has 2 rings (SSSR count). The van der Waals surface area contributed by atoms with Crippen molar-refractivity contribution in [1.82, 2.24) is 4.98 Å². The molecule has 0 saturated heterocycles. The summed E-state index contributed by atoms with van der Waals surface area (Å²) in [4.78, 5) is 14.8. The van der Waals surface area contributed by atoms with E-state index in [2.05, 4.69) is 10.3 Å². The number of hydrogen-bond donors (Lipinski definition) is 2. The van der Waals surface area contributed by atoms with Gasteiger partial charge in [0, 0.05) is 24.8 Å². The highest BCUT2D eigenvalue weighted by molar-refractivity contribution is 5.96. The summed E-state index contributed by atoms with van der Waals surface area (Å²) in [5, 5.41) is 14.7. The summed E-state index contributed by atoms with van der Waals surface area (Å²) in [6.45, 7) is 2.62. The fraction of sp³-hybridized carbons (Fsp3) is 0.308. The molecule has 100 valence electrons. The molecule has 6 nitrogen and oxygen atoms in total. The zero-order valence-electron chi connectivity index (χ0n) is 10.7. The van der Waals surface area contributed by atoms with Crippen molar-refractivity contribution in [2.45, 2.75) is 19.4 Å². The predicted molar refractivity (Wildman–Crippen MR) is 75.2 cm³/mol. The van der Waals surface area contributed by atoms with E-state index < -0.39 is 4.92 Å². The van der Waals surface area contributed by atoms with Crippen molar-refractivity contribution in [3.05, 3.63) is 40.6 Å². The first-order valence-corrected chi connectivity index (χ1v) is 6.15. The lowest BCUT2D eigenvalue weighted by molar-refractivity contribution is -0.383. The minimum atomic E-state index is -0.397. The van der Waals surface area contributed by atoms with Crippen LogP contribution in [0.2, 0.25) is 0 Å². The molecule has 0 saturated carbocycles. The van der Waals surface area contributed by atoms with E-state index in [0.29, 0.717) is 17.4 Å². The summed E-state index contributed by atoms with van der Waals surface area (Å²) in [5.41, 5.74) is 7.28. The molecule has 0 aliphatic carbocycles. The van der Waals surface area contributed by atoms with Crippen molar-refractivity contribution in [2.75, 3.05) is 11.9 Å². The van der Waals surface area contributed by atoms with Gasteiger partial charge in [0.25, 0.3) is 5.69 Å². The van der Waals surface area contributed by atoms with Crippen molar-refractivity contribution < 1.29 is 4.92 Å². The Morgan fingerprint density at radius 1 is 1.47 bits per heavy atom. The molecule has 1 aromatic heterocycles. The third-order valence-electron chi connectivity index (χ3n) is 3.02. The molecule has 1 atom stereocenters. The number of hydrogen-bond acceptors (Lipinski definition) is 5. The summed E-state index contributed by atoms with van der Waals surface area (Å²) in [5.74, 6) is 0. The number of pyridine rings is 1. The van der Waals surface area contributed by atoms with Gasteiger partial charge >= 0.3 is 0 Å². The van der Waals surface area contributed by atoms with Crippen LogP contribution in [0.3, 0.4) is 0 Å².